The molecule has 58 valence electrons. The van der Waals surface area contributed by atoms with Gasteiger partial charge in [-0.1, -0.05) is 18.7 Å². The number of allylic oxidation sites excluding steroid dienone is 1. The molecule has 0 atom stereocenters. The lowest BCUT2D eigenvalue weighted by Gasteiger charge is -2.02. The molecule has 0 aliphatic heterocycles. The van der Waals surface area contributed by atoms with Crippen LogP contribution in [0.3, 0.4) is 0 Å². The summed E-state index contributed by atoms with van der Waals surface area (Å²) < 4.78 is 13.8. The Labute approximate surface area is 79.3 Å². The van der Waals surface area contributed by atoms with Gasteiger partial charge in [0.15, 0.2) is 0 Å². The minimum atomic E-state index is -0.166. The SMILES string of the molecule is C=C(C)c1cccc(I)c1F. The zero-order valence-electron chi connectivity index (χ0n) is 6.20. The van der Waals surface area contributed by atoms with E-state index in [1.807, 2.05) is 28.7 Å². The Bertz CT molecular complexity index is 292. The maximum absolute atomic E-state index is 13.2. The zero-order valence-corrected chi connectivity index (χ0v) is 8.35. The van der Waals surface area contributed by atoms with Crippen molar-refractivity contribution >= 4 is 28.2 Å². The van der Waals surface area contributed by atoms with Crippen LogP contribution in [0.1, 0.15) is 12.5 Å². The molecular weight excluding hydrogens is 254 g/mol. The zero-order chi connectivity index (χ0) is 8.43. The smallest absolute Gasteiger partial charge is 0.143 e. The van der Waals surface area contributed by atoms with E-state index in [0.29, 0.717) is 9.13 Å². The standard InChI is InChI=1S/C9H8FI/c1-6(2)7-4-3-5-8(11)9(7)10/h3-5H,1H2,2H3. The van der Waals surface area contributed by atoms with Crippen LogP contribution < -0.4 is 0 Å². The molecule has 0 aliphatic carbocycles. The molecule has 1 aromatic carbocycles. The maximum atomic E-state index is 13.2. The molecule has 0 saturated heterocycles. The fourth-order valence-corrected chi connectivity index (χ4v) is 1.33. The quantitative estimate of drug-likeness (QED) is 0.680. The van der Waals surface area contributed by atoms with Crippen LogP contribution in [0.4, 0.5) is 4.39 Å². The van der Waals surface area contributed by atoms with Crippen molar-refractivity contribution in [2.45, 2.75) is 6.92 Å². The average Bonchev–Trinajstić information content (AvgIpc) is 1.94. The monoisotopic (exact) mass is 262 g/mol. The summed E-state index contributed by atoms with van der Waals surface area (Å²) in [6.45, 7) is 5.48. The van der Waals surface area contributed by atoms with Crippen LogP contribution in [0.15, 0.2) is 24.8 Å². The molecule has 0 fully saturated rings. The number of hydrogen-bond donors (Lipinski definition) is 0. The highest BCUT2D eigenvalue weighted by Crippen LogP contribution is 2.20. The number of hydrogen-bond acceptors (Lipinski definition) is 0. The Morgan fingerprint density at radius 1 is 1.55 bits per heavy atom. The summed E-state index contributed by atoms with van der Waals surface area (Å²) in [7, 11) is 0. The van der Waals surface area contributed by atoms with E-state index in [9.17, 15) is 4.39 Å². The van der Waals surface area contributed by atoms with E-state index in [0.717, 1.165) is 5.57 Å². The van der Waals surface area contributed by atoms with Crippen molar-refractivity contribution in [3.8, 4) is 0 Å². The Balaban J connectivity index is 3.27. The number of benzene rings is 1. The van der Waals surface area contributed by atoms with Gasteiger partial charge in [0.25, 0.3) is 0 Å². The van der Waals surface area contributed by atoms with Gasteiger partial charge < -0.3 is 0 Å². The van der Waals surface area contributed by atoms with E-state index in [2.05, 4.69) is 6.58 Å². The van der Waals surface area contributed by atoms with Gasteiger partial charge in [-0.25, -0.2) is 4.39 Å². The molecule has 11 heavy (non-hydrogen) atoms. The highest BCUT2D eigenvalue weighted by Gasteiger charge is 2.04. The van der Waals surface area contributed by atoms with Gasteiger partial charge in [-0.05, 0) is 41.2 Å². The molecule has 0 heterocycles. The molecule has 2 heteroatoms. The van der Waals surface area contributed by atoms with Gasteiger partial charge in [0, 0.05) is 9.13 Å². The predicted octanol–water partition coefficient (Wildman–Crippen LogP) is 3.46. The first-order valence-corrected chi connectivity index (χ1v) is 4.30. The summed E-state index contributed by atoms with van der Waals surface area (Å²) in [4.78, 5) is 0. The molecule has 1 aromatic rings. The van der Waals surface area contributed by atoms with Gasteiger partial charge in [0.2, 0.25) is 0 Å². The minimum absolute atomic E-state index is 0.166. The lowest BCUT2D eigenvalue weighted by Crippen LogP contribution is -1.88. The van der Waals surface area contributed by atoms with E-state index in [4.69, 9.17) is 0 Å². The molecule has 0 aliphatic rings. The summed E-state index contributed by atoms with van der Waals surface area (Å²) in [5.41, 5.74) is 1.37. The van der Waals surface area contributed by atoms with E-state index in [1.54, 1.807) is 19.1 Å². The second-order valence-corrected chi connectivity index (χ2v) is 3.54. The second kappa shape index (κ2) is 3.34. The molecule has 0 aromatic heterocycles. The Kier molecular flexibility index (Phi) is 2.65. The predicted molar refractivity (Wildman–Crippen MR) is 53.8 cm³/mol. The fraction of sp³-hybridized carbons (Fsp3) is 0.111. The van der Waals surface area contributed by atoms with Crippen molar-refractivity contribution in [3.05, 3.63) is 39.7 Å². The molecule has 0 bridgehead atoms. The van der Waals surface area contributed by atoms with E-state index in [-0.39, 0.29) is 5.82 Å². The van der Waals surface area contributed by atoms with Gasteiger partial charge in [0.05, 0.1) is 0 Å². The Hall–Kier alpha value is -0.380. The van der Waals surface area contributed by atoms with Crippen molar-refractivity contribution < 1.29 is 4.39 Å². The summed E-state index contributed by atoms with van der Waals surface area (Å²) in [5, 5.41) is 0. The maximum Gasteiger partial charge on any atom is 0.143 e. The van der Waals surface area contributed by atoms with E-state index in [1.165, 1.54) is 0 Å². The molecule has 0 N–H and O–H groups in total. The average molecular weight is 262 g/mol. The van der Waals surface area contributed by atoms with Gasteiger partial charge in [-0.3, -0.25) is 0 Å². The number of rotatable bonds is 1. The van der Waals surface area contributed by atoms with E-state index < -0.39 is 0 Å². The van der Waals surface area contributed by atoms with Crippen LogP contribution in [0.2, 0.25) is 0 Å². The van der Waals surface area contributed by atoms with Crippen LogP contribution >= 0.6 is 22.6 Å². The van der Waals surface area contributed by atoms with Crippen molar-refractivity contribution in [3.63, 3.8) is 0 Å². The van der Waals surface area contributed by atoms with Gasteiger partial charge >= 0.3 is 0 Å². The first-order chi connectivity index (χ1) is 5.13. The molecule has 0 unspecified atom stereocenters. The van der Waals surface area contributed by atoms with Gasteiger partial charge in [-0.15, -0.1) is 0 Å². The summed E-state index contributed by atoms with van der Waals surface area (Å²) in [6.07, 6.45) is 0. The van der Waals surface area contributed by atoms with Crippen molar-refractivity contribution in [1.29, 1.82) is 0 Å². The van der Waals surface area contributed by atoms with Gasteiger partial charge in [0.1, 0.15) is 5.82 Å². The second-order valence-electron chi connectivity index (χ2n) is 2.38. The normalized spacial score (nSPS) is 9.73. The first kappa shape index (κ1) is 8.71. The van der Waals surface area contributed by atoms with Crippen LogP contribution in [0.5, 0.6) is 0 Å². The largest absolute Gasteiger partial charge is 0.205 e. The first-order valence-electron chi connectivity index (χ1n) is 3.23. The van der Waals surface area contributed by atoms with Crippen LogP contribution in [-0.4, -0.2) is 0 Å². The fourth-order valence-electron chi connectivity index (χ4n) is 0.833. The molecule has 0 spiro atoms. The third-order valence-corrected chi connectivity index (χ3v) is 2.24. The molecule has 0 saturated carbocycles. The topological polar surface area (TPSA) is 0 Å². The van der Waals surface area contributed by atoms with Crippen LogP contribution in [0.25, 0.3) is 5.57 Å². The molecule has 0 nitrogen and oxygen atoms in total. The van der Waals surface area contributed by atoms with E-state index >= 15 is 0 Å². The third-order valence-electron chi connectivity index (χ3n) is 1.41. The summed E-state index contributed by atoms with van der Waals surface area (Å²) in [6, 6.07) is 5.30. The van der Waals surface area contributed by atoms with Crippen LogP contribution in [0, 0.1) is 9.39 Å². The lowest BCUT2D eigenvalue weighted by molar-refractivity contribution is 0.616. The van der Waals surface area contributed by atoms with Crippen molar-refractivity contribution in [2.75, 3.05) is 0 Å². The summed E-state index contributed by atoms with van der Waals surface area (Å²) in [5.74, 6) is -0.166. The van der Waals surface area contributed by atoms with Crippen LogP contribution in [-0.2, 0) is 0 Å². The lowest BCUT2D eigenvalue weighted by atomic mass is 10.1. The van der Waals surface area contributed by atoms with Crippen molar-refractivity contribution in [1.82, 2.24) is 0 Å². The highest BCUT2D eigenvalue weighted by molar-refractivity contribution is 14.1. The minimum Gasteiger partial charge on any atom is -0.205 e. The summed E-state index contributed by atoms with van der Waals surface area (Å²) >= 11 is 1.97. The third kappa shape index (κ3) is 1.80. The number of halogens is 2. The highest BCUT2D eigenvalue weighted by atomic mass is 127. The van der Waals surface area contributed by atoms with Gasteiger partial charge in [-0.2, -0.15) is 0 Å². The molecule has 1 rings (SSSR count). The van der Waals surface area contributed by atoms with Crippen molar-refractivity contribution in [2.24, 2.45) is 0 Å². The Morgan fingerprint density at radius 3 is 2.64 bits per heavy atom. The molecule has 0 radical (unpaired) electrons. The molecular formula is C9H8FI. The Morgan fingerprint density at radius 2 is 2.18 bits per heavy atom. The molecule has 0 amide bonds.